The van der Waals surface area contributed by atoms with E-state index in [9.17, 15) is 9.59 Å². The summed E-state index contributed by atoms with van der Waals surface area (Å²) in [5.74, 6) is -0.218. The molecule has 0 saturated carbocycles. The molecule has 1 N–H and O–H groups in total. The summed E-state index contributed by atoms with van der Waals surface area (Å²) in [4.78, 5) is 26.9. The van der Waals surface area contributed by atoms with Gasteiger partial charge in [0.1, 0.15) is 0 Å². The van der Waals surface area contributed by atoms with Crippen LogP contribution in [0, 0.1) is 6.92 Å². The van der Waals surface area contributed by atoms with Crippen LogP contribution in [0.25, 0.3) is 0 Å². The normalized spacial score (nSPS) is 16.1. The number of amides is 2. The van der Waals surface area contributed by atoms with Crippen LogP contribution in [-0.2, 0) is 4.74 Å². The Morgan fingerprint density at radius 1 is 1.15 bits per heavy atom. The molecule has 1 saturated heterocycles. The zero-order chi connectivity index (χ0) is 19.2. The number of rotatable bonds is 6. The molecule has 1 aliphatic rings. The number of nitrogens with zero attached hydrogens (tertiary/aromatic N) is 1. The van der Waals surface area contributed by atoms with Gasteiger partial charge in [0.25, 0.3) is 11.8 Å². The molecule has 3 rings (SSSR count). The van der Waals surface area contributed by atoms with Crippen molar-refractivity contribution in [1.29, 1.82) is 0 Å². The summed E-state index contributed by atoms with van der Waals surface area (Å²) in [5.41, 5.74) is 3.09. The number of carbonyl (C=O) groups excluding carboxylic acids is 2. The van der Waals surface area contributed by atoms with Crippen molar-refractivity contribution in [1.82, 2.24) is 5.32 Å². The molecule has 0 aliphatic carbocycles. The van der Waals surface area contributed by atoms with Crippen molar-refractivity contribution < 1.29 is 14.3 Å². The smallest absolute Gasteiger partial charge is 0.258 e. The number of benzene rings is 2. The first kappa shape index (κ1) is 19.1. The average Bonchev–Trinajstić information content (AvgIpc) is 3.20. The number of hydrogen-bond acceptors (Lipinski definition) is 3. The maximum atomic E-state index is 12.9. The maximum Gasteiger partial charge on any atom is 0.258 e. The van der Waals surface area contributed by atoms with Crippen molar-refractivity contribution in [3.8, 4) is 0 Å². The van der Waals surface area contributed by atoms with Gasteiger partial charge in [0, 0.05) is 36.5 Å². The number of anilines is 1. The number of ether oxygens (including phenoxy) is 1. The molecule has 1 unspecified atom stereocenters. The highest BCUT2D eigenvalue weighted by Crippen LogP contribution is 2.19. The van der Waals surface area contributed by atoms with Crippen molar-refractivity contribution in [3.05, 3.63) is 65.2 Å². The van der Waals surface area contributed by atoms with Crippen molar-refractivity contribution in [3.63, 3.8) is 0 Å². The number of carbonyl (C=O) groups is 2. The SMILES string of the molecule is CCN(C(=O)c1ccc(C(=O)NCC2CCCO2)cc1)c1cccc(C)c1. The Morgan fingerprint density at radius 2 is 1.89 bits per heavy atom. The van der Waals surface area contributed by atoms with Gasteiger partial charge in [-0.1, -0.05) is 12.1 Å². The minimum Gasteiger partial charge on any atom is -0.376 e. The molecule has 1 aliphatic heterocycles. The monoisotopic (exact) mass is 366 g/mol. The maximum absolute atomic E-state index is 12.9. The molecule has 1 heterocycles. The van der Waals surface area contributed by atoms with Gasteiger partial charge in [0.15, 0.2) is 0 Å². The van der Waals surface area contributed by atoms with E-state index in [4.69, 9.17) is 4.74 Å². The Labute approximate surface area is 160 Å². The fourth-order valence-electron chi connectivity index (χ4n) is 3.27. The predicted octanol–water partition coefficient (Wildman–Crippen LogP) is 3.57. The second kappa shape index (κ2) is 8.82. The second-order valence-electron chi connectivity index (χ2n) is 6.81. The predicted molar refractivity (Wildman–Crippen MR) is 106 cm³/mol. The molecule has 2 aromatic carbocycles. The third-order valence-corrected chi connectivity index (χ3v) is 4.78. The number of hydrogen-bond donors (Lipinski definition) is 1. The molecule has 1 fully saturated rings. The third kappa shape index (κ3) is 4.74. The zero-order valence-electron chi connectivity index (χ0n) is 15.9. The van der Waals surface area contributed by atoms with Crippen LogP contribution in [0.1, 0.15) is 46.0 Å². The van der Waals surface area contributed by atoms with E-state index in [0.29, 0.717) is 24.2 Å². The first-order valence-corrected chi connectivity index (χ1v) is 9.47. The lowest BCUT2D eigenvalue weighted by Crippen LogP contribution is -2.32. The summed E-state index contributed by atoms with van der Waals surface area (Å²) >= 11 is 0. The van der Waals surface area contributed by atoms with Gasteiger partial charge in [0.05, 0.1) is 6.10 Å². The highest BCUT2D eigenvalue weighted by molar-refractivity contribution is 6.06. The lowest BCUT2D eigenvalue weighted by Gasteiger charge is -2.21. The Hall–Kier alpha value is -2.66. The lowest BCUT2D eigenvalue weighted by atomic mass is 10.1. The molecule has 1 atom stereocenters. The largest absolute Gasteiger partial charge is 0.376 e. The van der Waals surface area contributed by atoms with Crippen LogP contribution in [-0.4, -0.2) is 37.6 Å². The van der Waals surface area contributed by atoms with Crippen LogP contribution in [0.5, 0.6) is 0 Å². The average molecular weight is 366 g/mol. The number of aryl methyl sites for hydroxylation is 1. The fourth-order valence-corrected chi connectivity index (χ4v) is 3.27. The summed E-state index contributed by atoms with van der Waals surface area (Å²) in [7, 11) is 0. The zero-order valence-corrected chi connectivity index (χ0v) is 15.9. The molecular weight excluding hydrogens is 340 g/mol. The second-order valence-corrected chi connectivity index (χ2v) is 6.81. The van der Waals surface area contributed by atoms with Crippen molar-refractivity contribution in [2.45, 2.75) is 32.8 Å². The highest BCUT2D eigenvalue weighted by atomic mass is 16.5. The molecule has 2 aromatic rings. The lowest BCUT2D eigenvalue weighted by molar-refractivity contribution is 0.0857. The standard InChI is InChI=1S/C22H26N2O3/c1-3-24(19-7-4-6-16(2)14-19)22(26)18-11-9-17(10-12-18)21(25)23-15-20-8-5-13-27-20/h4,6-7,9-12,14,20H,3,5,8,13,15H2,1-2H3,(H,23,25). The van der Waals surface area contributed by atoms with E-state index in [2.05, 4.69) is 5.32 Å². The first-order chi connectivity index (χ1) is 13.1. The quantitative estimate of drug-likeness (QED) is 0.850. The molecule has 27 heavy (non-hydrogen) atoms. The minimum atomic E-state index is -0.143. The molecule has 5 heteroatoms. The van der Waals surface area contributed by atoms with E-state index < -0.39 is 0 Å². The summed E-state index contributed by atoms with van der Waals surface area (Å²) in [5, 5.41) is 2.90. The van der Waals surface area contributed by atoms with Gasteiger partial charge in [-0.2, -0.15) is 0 Å². The van der Waals surface area contributed by atoms with E-state index in [1.807, 2.05) is 38.1 Å². The fraction of sp³-hybridized carbons (Fsp3) is 0.364. The van der Waals surface area contributed by atoms with Crippen molar-refractivity contribution in [2.24, 2.45) is 0 Å². The van der Waals surface area contributed by atoms with Gasteiger partial charge in [0.2, 0.25) is 0 Å². The first-order valence-electron chi connectivity index (χ1n) is 9.47. The van der Waals surface area contributed by atoms with Gasteiger partial charge < -0.3 is 15.0 Å². The molecule has 5 nitrogen and oxygen atoms in total. The van der Waals surface area contributed by atoms with Gasteiger partial charge in [-0.3, -0.25) is 9.59 Å². The summed E-state index contributed by atoms with van der Waals surface area (Å²) < 4.78 is 5.51. The highest BCUT2D eigenvalue weighted by Gasteiger charge is 2.18. The molecule has 2 amide bonds. The minimum absolute atomic E-state index is 0.0746. The number of nitrogens with one attached hydrogen (secondary N) is 1. The molecular formula is C22H26N2O3. The van der Waals surface area contributed by atoms with Crippen LogP contribution in [0.2, 0.25) is 0 Å². The Kier molecular flexibility index (Phi) is 6.24. The summed E-state index contributed by atoms with van der Waals surface area (Å²) in [6.45, 7) is 5.83. The van der Waals surface area contributed by atoms with Gasteiger partial charge in [-0.25, -0.2) is 0 Å². The Morgan fingerprint density at radius 3 is 2.52 bits per heavy atom. The molecule has 0 aromatic heterocycles. The van der Waals surface area contributed by atoms with E-state index >= 15 is 0 Å². The van der Waals surface area contributed by atoms with Crippen molar-refractivity contribution >= 4 is 17.5 Å². The molecule has 0 radical (unpaired) electrons. The van der Waals surface area contributed by atoms with E-state index in [0.717, 1.165) is 30.7 Å². The molecule has 142 valence electrons. The topological polar surface area (TPSA) is 58.6 Å². The van der Waals surface area contributed by atoms with E-state index in [-0.39, 0.29) is 17.9 Å². The van der Waals surface area contributed by atoms with Crippen molar-refractivity contribution in [2.75, 3.05) is 24.6 Å². The van der Waals surface area contributed by atoms with Gasteiger partial charge in [-0.15, -0.1) is 0 Å². The van der Waals surface area contributed by atoms with E-state index in [1.54, 1.807) is 29.2 Å². The van der Waals surface area contributed by atoms with E-state index in [1.165, 1.54) is 0 Å². The van der Waals surface area contributed by atoms with Crippen LogP contribution < -0.4 is 10.2 Å². The Bertz CT molecular complexity index is 795. The summed E-state index contributed by atoms with van der Waals surface area (Å²) in [6, 6.07) is 14.7. The van der Waals surface area contributed by atoms with Gasteiger partial charge in [-0.05, 0) is 68.7 Å². The van der Waals surface area contributed by atoms with Crippen LogP contribution in [0.3, 0.4) is 0 Å². The summed E-state index contributed by atoms with van der Waals surface area (Å²) in [6.07, 6.45) is 2.15. The van der Waals surface area contributed by atoms with Crippen LogP contribution in [0.4, 0.5) is 5.69 Å². The van der Waals surface area contributed by atoms with Crippen LogP contribution in [0.15, 0.2) is 48.5 Å². The Balaban J connectivity index is 1.66. The van der Waals surface area contributed by atoms with Crippen LogP contribution >= 0.6 is 0 Å². The molecule has 0 spiro atoms. The molecule has 0 bridgehead atoms. The van der Waals surface area contributed by atoms with Gasteiger partial charge >= 0.3 is 0 Å². The third-order valence-electron chi connectivity index (χ3n) is 4.78.